The highest BCUT2D eigenvalue weighted by Gasteiger charge is 2.34. The number of carbonyl (C=O) groups is 1. The molecule has 2 aromatic carbocycles. The van der Waals surface area contributed by atoms with Crippen LogP contribution in [-0.2, 0) is 20.2 Å². The molecule has 0 atom stereocenters. The van der Waals surface area contributed by atoms with Crippen LogP contribution in [0.25, 0.3) is 0 Å². The van der Waals surface area contributed by atoms with E-state index in [1.807, 2.05) is 18.2 Å². The third kappa shape index (κ3) is 4.27. The molecule has 1 saturated heterocycles. The number of sulfonamides is 1. The highest BCUT2D eigenvalue weighted by molar-refractivity contribution is 7.89. The van der Waals surface area contributed by atoms with Crippen LogP contribution >= 0.6 is 0 Å². The number of nitrogens with zero attached hydrogens (tertiary/aromatic N) is 1. The van der Waals surface area contributed by atoms with Crippen molar-refractivity contribution in [1.82, 2.24) is 9.62 Å². The van der Waals surface area contributed by atoms with Crippen molar-refractivity contribution in [2.24, 2.45) is 0 Å². The van der Waals surface area contributed by atoms with E-state index in [0.29, 0.717) is 25.3 Å². The summed E-state index contributed by atoms with van der Waals surface area (Å²) in [6, 6.07) is 16.2. The predicted octanol–water partition coefficient (Wildman–Crippen LogP) is 2.42. The number of amides is 1. The molecule has 150 valence electrons. The van der Waals surface area contributed by atoms with Crippen LogP contribution in [0.5, 0.6) is 0 Å². The minimum absolute atomic E-state index is 0.149. The molecular weight excluding hydrogens is 376 g/mol. The molecule has 0 radical (unpaired) electrons. The lowest BCUT2D eigenvalue weighted by atomic mass is 9.74. The largest absolute Gasteiger partial charge is 0.381 e. The van der Waals surface area contributed by atoms with Gasteiger partial charge in [-0.05, 0) is 42.7 Å². The predicted molar refractivity (Wildman–Crippen MR) is 108 cm³/mol. The first-order valence-electron chi connectivity index (χ1n) is 9.29. The zero-order valence-corrected chi connectivity index (χ0v) is 17.0. The van der Waals surface area contributed by atoms with Crippen LogP contribution in [0.2, 0.25) is 0 Å². The molecule has 0 aliphatic carbocycles. The molecule has 3 rings (SSSR count). The second-order valence-electron chi connectivity index (χ2n) is 7.25. The van der Waals surface area contributed by atoms with Gasteiger partial charge in [-0.3, -0.25) is 4.79 Å². The summed E-state index contributed by atoms with van der Waals surface area (Å²) in [6.45, 7) is 1.85. The van der Waals surface area contributed by atoms with E-state index in [1.54, 1.807) is 12.1 Å². The zero-order valence-electron chi connectivity index (χ0n) is 16.2. The van der Waals surface area contributed by atoms with Gasteiger partial charge in [0.2, 0.25) is 10.0 Å². The third-order valence-corrected chi connectivity index (χ3v) is 7.15. The maximum absolute atomic E-state index is 12.7. The lowest BCUT2D eigenvalue weighted by molar-refractivity contribution is 0.0487. The highest BCUT2D eigenvalue weighted by atomic mass is 32.2. The van der Waals surface area contributed by atoms with Gasteiger partial charge in [-0.15, -0.1) is 0 Å². The summed E-state index contributed by atoms with van der Waals surface area (Å²) in [5.74, 6) is -0.212. The standard InChI is InChI=1S/C21H26N2O4S/c1-23(2)28(25,26)19-10-8-17(9-11-19)20(24)22-16-21(12-14-27-15-13-21)18-6-4-3-5-7-18/h3-11H,12-16H2,1-2H3,(H,22,24). The van der Waals surface area contributed by atoms with Crippen molar-refractivity contribution in [2.75, 3.05) is 33.9 Å². The van der Waals surface area contributed by atoms with E-state index < -0.39 is 10.0 Å². The highest BCUT2D eigenvalue weighted by Crippen LogP contribution is 2.34. The lowest BCUT2D eigenvalue weighted by Gasteiger charge is -2.38. The van der Waals surface area contributed by atoms with Gasteiger partial charge in [0.15, 0.2) is 0 Å². The number of carbonyl (C=O) groups excluding carboxylic acids is 1. The molecule has 2 aromatic rings. The van der Waals surface area contributed by atoms with Crippen LogP contribution in [-0.4, -0.2) is 52.5 Å². The summed E-state index contributed by atoms with van der Waals surface area (Å²) < 4.78 is 31.0. The summed E-state index contributed by atoms with van der Waals surface area (Å²) in [7, 11) is -0.549. The van der Waals surface area contributed by atoms with Crippen molar-refractivity contribution in [3.63, 3.8) is 0 Å². The Hall–Kier alpha value is -2.22. The molecule has 0 bridgehead atoms. The molecular formula is C21H26N2O4S. The number of ether oxygens (including phenoxy) is 1. The van der Waals surface area contributed by atoms with Gasteiger partial charge in [-0.1, -0.05) is 30.3 Å². The molecule has 1 aliphatic rings. The van der Waals surface area contributed by atoms with E-state index >= 15 is 0 Å². The maximum Gasteiger partial charge on any atom is 0.251 e. The first-order chi connectivity index (χ1) is 13.3. The van der Waals surface area contributed by atoms with Crippen LogP contribution in [0.1, 0.15) is 28.8 Å². The van der Waals surface area contributed by atoms with Crippen molar-refractivity contribution in [1.29, 1.82) is 0 Å². The Morgan fingerprint density at radius 2 is 1.64 bits per heavy atom. The fourth-order valence-corrected chi connectivity index (χ4v) is 4.36. The quantitative estimate of drug-likeness (QED) is 0.805. The molecule has 28 heavy (non-hydrogen) atoms. The maximum atomic E-state index is 12.7. The zero-order chi connectivity index (χ0) is 20.2. The Morgan fingerprint density at radius 1 is 1.04 bits per heavy atom. The third-order valence-electron chi connectivity index (χ3n) is 5.32. The van der Waals surface area contributed by atoms with Crippen molar-refractivity contribution >= 4 is 15.9 Å². The summed E-state index contributed by atoms with van der Waals surface area (Å²) in [6.07, 6.45) is 1.69. The number of rotatable bonds is 6. The number of hydrogen-bond acceptors (Lipinski definition) is 4. The van der Waals surface area contributed by atoms with Gasteiger partial charge in [-0.2, -0.15) is 0 Å². The van der Waals surface area contributed by atoms with Crippen LogP contribution in [0.3, 0.4) is 0 Å². The molecule has 7 heteroatoms. The molecule has 0 spiro atoms. The van der Waals surface area contributed by atoms with Gasteiger partial charge < -0.3 is 10.1 Å². The SMILES string of the molecule is CN(C)S(=O)(=O)c1ccc(C(=O)NCC2(c3ccccc3)CCOCC2)cc1. The lowest BCUT2D eigenvalue weighted by Crippen LogP contribution is -2.44. The summed E-state index contributed by atoms with van der Waals surface area (Å²) in [5.41, 5.74) is 1.49. The van der Waals surface area contributed by atoms with Crippen molar-refractivity contribution in [3.8, 4) is 0 Å². The Morgan fingerprint density at radius 3 is 2.21 bits per heavy atom. The van der Waals surface area contributed by atoms with E-state index in [1.165, 1.54) is 31.8 Å². The molecule has 0 aromatic heterocycles. The number of benzene rings is 2. The van der Waals surface area contributed by atoms with Crippen LogP contribution < -0.4 is 5.32 Å². The van der Waals surface area contributed by atoms with Gasteiger partial charge in [0.25, 0.3) is 5.91 Å². The summed E-state index contributed by atoms with van der Waals surface area (Å²) >= 11 is 0. The van der Waals surface area contributed by atoms with E-state index in [9.17, 15) is 13.2 Å². The van der Waals surface area contributed by atoms with Gasteiger partial charge in [0, 0.05) is 44.8 Å². The molecule has 1 fully saturated rings. The van der Waals surface area contributed by atoms with E-state index in [4.69, 9.17) is 4.74 Å². The van der Waals surface area contributed by atoms with Crippen molar-refractivity contribution < 1.29 is 17.9 Å². The minimum atomic E-state index is -3.51. The molecule has 0 unspecified atom stereocenters. The second kappa shape index (κ2) is 8.43. The fraction of sp³-hybridized carbons (Fsp3) is 0.381. The van der Waals surface area contributed by atoms with E-state index in [2.05, 4.69) is 17.4 Å². The first kappa shape index (κ1) is 20.5. The van der Waals surface area contributed by atoms with Gasteiger partial charge in [0.05, 0.1) is 4.90 Å². The van der Waals surface area contributed by atoms with Crippen LogP contribution in [0, 0.1) is 0 Å². The summed E-state index contributed by atoms with van der Waals surface area (Å²) in [5, 5.41) is 3.03. The molecule has 0 saturated carbocycles. The normalized spacial score (nSPS) is 16.7. The number of hydrogen-bond donors (Lipinski definition) is 1. The Kier molecular flexibility index (Phi) is 6.17. The molecule has 1 N–H and O–H groups in total. The second-order valence-corrected chi connectivity index (χ2v) is 9.41. The van der Waals surface area contributed by atoms with Gasteiger partial charge in [0.1, 0.15) is 0 Å². The van der Waals surface area contributed by atoms with Crippen LogP contribution in [0.15, 0.2) is 59.5 Å². The smallest absolute Gasteiger partial charge is 0.251 e. The molecule has 1 heterocycles. The monoisotopic (exact) mass is 402 g/mol. The van der Waals surface area contributed by atoms with Gasteiger partial charge in [-0.25, -0.2) is 12.7 Å². The molecule has 1 aliphatic heterocycles. The van der Waals surface area contributed by atoms with Gasteiger partial charge >= 0.3 is 0 Å². The fourth-order valence-electron chi connectivity index (χ4n) is 3.46. The molecule has 1 amide bonds. The Labute approximate surface area is 166 Å². The average Bonchev–Trinajstić information content (AvgIpc) is 2.73. The van der Waals surface area contributed by atoms with Crippen molar-refractivity contribution in [3.05, 3.63) is 65.7 Å². The number of nitrogens with one attached hydrogen (secondary N) is 1. The molecule has 6 nitrogen and oxygen atoms in total. The summed E-state index contributed by atoms with van der Waals surface area (Å²) in [4.78, 5) is 12.8. The first-order valence-corrected chi connectivity index (χ1v) is 10.7. The Bertz CT molecular complexity index is 903. The average molecular weight is 403 g/mol. The van der Waals surface area contributed by atoms with E-state index in [0.717, 1.165) is 17.1 Å². The van der Waals surface area contributed by atoms with Crippen molar-refractivity contribution in [2.45, 2.75) is 23.2 Å². The van der Waals surface area contributed by atoms with E-state index in [-0.39, 0.29) is 16.2 Å². The van der Waals surface area contributed by atoms with Crippen LogP contribution in [0.4, 0.5) is 0 Å². The topological polar surface area (TPSA) is 75.7 Å². The minimum Gasteiger partial charge on any atom is -0.381 e. The Balaban J connectivity index is 1.73.